The molecule has 5 heteroatoms. The van der Waals surface area contributed by atoms with Crippen molar-refractivity contribution >= 4 is 11.7 Å². The summed E-state index contributed by atoms with van der Waals surface area (Å²) in [6.07, 6.45) is 2.48. The van der Waals surface area contributed by atoms with Gasteiger partial charge in [-0.05, 0) is 37.1 Å². The topological polar surface area (TPSA) is 63.1 Å². The van der Waals surface area contributed by atoms with E-state index in [2.05, 4.69) is 10.6 Å². The first-order chi connectivity index (χ1) is 10.1. The number of anilines is 1. The number of hydrogen-bond donors (Lipinski definition) is 2. The van der Waals surface area contributed by atoms with Gasteiger partial charge in [-0.15, -0.1) is 0 Å². The fourth-order valence-electron chi connectivity index (χ4n) is 1.94. The molecule has 0 unspecified atom stereocenters. The third-order valence-electron chi connectivity index (χ3n) is 3.04. The predicted molar refractivity (Wildman–Crippen MR) is 83.5 cm³/mol. The number of aromatic nitrogens is 1. The van der Waals surface area contributed by atoms with Gasteiger partial charge in [-0.1, -0.05) is 18.2 Å². The van der Waals surface area contributed by atoms with Crippen LogP contribution in [0.25, 0.3) is 0 Å². The van der Waals surface area contributed by atoms with Crippen molar-refractivity contribution in [1.29, 1.82) is 0 Å². The third kappa shape index (κ3) is 4.80. The van der Waals surface area contributed by atoms with Crippen LogP contribution in [0.5, 0.6) is 0 Å². The van der Waals surface area contributed by atoms with E-state index >= 15 is 0 Å². The van der Waals surface area contributed by atoms with Crippen LogP contribution < -0.4 is 16.2 Å². The lowest BCUT2D eigenvalue weighted by atomic mass is 10.3. The number of nitrogens with one attached hydrogen (secondary N) is 2. The van der Waals surface area contributed by atoms with Crippen molar-refractivity contribution in [2.24, 2.45) is 0 Å². The summed E-state index contributed by atoms with van der Waals surface area (Å²) in [6, 6.07) is 12.5. The van der Waals surface area contributed by atoms with E-state index in [9.17, 15) is 9.59 Å². The number of rotatable bonds is 5. The molecular formula is C16H19N3O2. The van der Waals surface area contributed by atoms with Crippen LogP contribution in [-0.4, -0.2) is 17.1 Å². The van der Waals surface area contributed by atoms with Crippen LogP contribution in [0.15, 0.2) is 53.5 Å². The Labute approximate surface area is 123 Å². The molecule has 2 rings (SSSR count). The number of nitrogens with zero attached hydrogens (tertiary/aromatic N) is 1. The van der Waals surface area contributed by atoms with E-state index in [-0.39, 0.29) is 11.6 Å². The van der Waals surface area contributed by atoms with Gasteiger partial charge in [-0.3, -0.25) is 4.79 Å². The van der Waals surface area contributed by atoms with Crippen molar-refractivity contribution in [3.8, 4) is 0 Å². The van der Waals surface area contributed by atoms with E-state index in [4.69, 9.17) is 0 Å². The van der Waals surface area contributed by atoms with Crippen molar-refractivity contribution < 1.29 is 4.79 Å². The summed E-state index contributed by atoms with van der Waals surface area (Å²) in [5, 5.41) is 5.51. The number of urea groups is 1. The number of aryl methyl sites for hydroxylation is 2. The van der Waals surface area contributed by atoms with E-state index in [1.54, 1.807) is 16.8 Å². The molecule has 0 aliphatic rings. The molecule has 1 aromatic carbocycles. The minimum atomic E-state index is -0.238. The molecule has 5 nitrogen and oxygen atoms in total. The molecule has 0 fully saturated rings. The van der Waals surface area contributed by atoms with Crippen molar-refractivity contribution in [1.82, 2.24) is 9.88 Å². The fourth-order valence-corrected chi connectivity index (χ4v) is 1.94. The molecule has 0 saturated carbocycles. The molecule has 0 bridgehead atoms. The van der Waals surface area contributed by atoms with Crippen LogP contribution in [0.4, 0.5) is 10.5 Å². The number of pyridine rings is 1. The SMILES string of the molecule is Cc1ccn(CCCNC(=O)Nc2ccccc2)c(=O)c1. The Balaban J connectivity index is 1.72. The summed E-state index contributed by atoms with van der Waals surface area (Å²) >= 11 is 0. The maximum Gasteiger partial charge on any atom is 0.319 e. The number of carbonyl (C=O) groups excluding carboxylic acids is 1. The lowest BCUT2D eigenvalue weighted by Gasteiger charge is -2.08. The van der Waals surface area contributed by atoms with Gasteiger partial charge in [0.15, 0.2) is 0 Å². The normalized spacial score (nSPS) is 10.1. The Morgan fingerprint density at radius 1 is 1.19 bits per heavy atom. The largest absolute Gasteiger partial charge is 0.338 e. The standard InChI is InChI=1S/C16H19N3O2/c1-13-8-11-19(15(20)12-13)10-5-9-17-16(21)18-14-6-3-2-4-7-14/h2-4,6-8,11-12H,5,9-10H2,1H3,(H2,17,18,21). The van der Waals surface area contributed by atoms with E-state index in [1.807, 2.05) is 43.3 Å². The lowest BCUT2D eigenvalue weighted by molar-refractivity contribution is 0.252. The predicted octanol–water partition coefficient (Wildman–Crippen LogP) is 2.37. The molecule has 110 valence electrons. The molecule has 2 amide bonds. The van der Waals surface area contributed by atoms with Crippen LogP contribution in [0.3, 0.4) is 0 Å². The molecule has 1 heterocycles. The Hall–Kier alpha value is -2.56. The Morgan fingerprint density at radius 3 is 2.67 bits per heavy atom. The zero-order valence-electron chi connectivity index (χ0n) is 12.0. The first kappa shape index (κ1) is 14.8. The third-order valence-corrected chi connectivity index (χ3v) is 3.04. The van der Waals surface area contributed by atoms with Gasteiger partial charge >= 0.3 is 6.03 Å². The van der Waals surface area contributed by atoms with E-state index < -0.39 is 0 Å². The summed E-state index contributed by atoms with van der Waals surface area (Å²) in [7, 11) is 0. The number of carbonyl (C=O) groups is 1. The second-order valence-electron chi connectivity index (χ2n) is 4.84. The van der Waals surface area contributed by atoms with Crippen molar-refractivity contribution in [2.75, 3.05) is 11.9 Å². The van der Waals surface area contributed by atoms with Crippen LogP contribution in [0.1, 0.15) is 12.0 Å². The van der Waals surface area contributed by atoms with Gasteiger partial charge in [0.25, 0.3) is 5.56 Å². The monoisotopic (exact) mass is 285 g/mol. The van der Waals surface area contributed by atoms with Crippen molar-refractivity contribution in [3.63, 3.8) is 0 Å². The van der Waals surface area contributed by atoms with Gasteiger partial charge in [0.1, 0.15) is 0 Å². The maximum absolute atomic E-state index is 11.7. The van der Waals surface area contributed by atoms with Gasteiger partial charge in [-0.2, -0.15) is 0 Å². The zero-order chi connectivity index (χ0) is 15.1. The first-order valence-electron chi connectivity index (χ1n) is 6.92. The summed E-state index contributed by atoms with van der Waals surface area (Å²) in [4.78, 5) is 23.3. The van der Waals surface area contributed by atoms with Gasteiger partial charge in [0.2, 0.25) is 0 Å². The van der Waals surface area contributed by atoms with E-state index in [0.717, 1.165) is 11.3 Å². The van der Waals surface area contributed by atoms with Crippen LogP contribution in [0, 0.1) is 6.92 Å². The number of benzene rings is 1. The average Bonchev–Trinajstić information content (AvgIpc) is 2.46. The molecule has 0 spiro atoms. The quantitative estimate of drug-likeness (QED) is 0.828. The summed E-state index contributed by atoms with van der Waals surface area (Å²) in [6.45, 7) is 2.99. The van der Waals surface area contributed by atoms with Gasteiger partial charge < -0.3 is 15.2 Å². The summed E-state index contributed by atoms with van der Waals surface area (Å²) in [5.74, 6) is 0. The van der Waals surface area contributed by atoms with E-state index in [1.165, 1.54) is 0 Å². The highest BCUT2D eigenvalue weighted by atomic mass is 16.2. The smallest absolute Gasteiger partial charge is 0.319 e. The van der Waals surface area contributed by atoms with Gasteiger partial charge in [0, 0.05) is 31.0 Å². The number of amides is 2. The fraction of sp³-hybridized carbons (Fsp3) is 0.250. The molecular weight excluding hydrogens is 266 g/mol. The molecule has 2 aromatic rings. The highest BCUT2D eigenvalue weighted by molar-refractivity contribution is 5.89. The number of hydrogen-bond acceptors (Lipinski definition) is 2. The molecule has 0 aliphatic carbocycles. The Kier molecular flexibility index (Phi) is 5.15. The van der Waals surface area contributed by atoms with Gasteiger partial charge in [-0.25, -0.2) is 4.79 Å². The molecule has 21 heavy (non-hydrogen) atoms. The Bertz CT molecular complexity index is 650. The van der Waals surface area contributed by atoms with E-state index in [0.29, 0.717) is 19.5 Å². The average molecular weight is 285 g/mol. The molecule has 0 atom stereocenters. The zero-order valence-corrected chi connectivity index (χ0v) is 12.0. The second-order valence-corrected chi connectivity index (χ2v) is 4.84. The summed E-state index contributed by atoms with van der Waals surface area (Å²) in [5.41, 5.74) is 1.70. The number of para-hydroxylation sites is 1. The summed E-state index contributed by atoms with van der Waals surface area (Å²) < 4.78 is 1.64. The maximum atomic E-state index is 11.7. The highest BCUT2D eigenvalue weighted by Gasteiger charge is 2.01. The molecule has 0 aliphatic heterocycles. The van der Waals surface area contributed by atoms with Crippen molar-refractivity contribution in [2.45, 2.75) is 19.9 Å². The van der Waals surface area contributed by atoms with Crippen LogP contribution >= 0.6 is 0 Å². The minimum absolute atomic E-state index is 0.0104. The van der Waals surface area contributed by atoms with Crippen molar-refractivity contribution in [3.05, 3.63) is 64.6 Å². The molecule has 1 aromatic heterocycles. The lowest BCUT2D eigenvalue weighted by Crippen LogP contribution is -2.30. The van der Waals surface area contributed by atoms with Crippen LogP contribution in [0.2, 0.25) is 0 Å². The molecule has 2 N–H and O–H groups in total. The molecule has 0 saturated heterocycles. The van der Waals surface area contributed by atoms with Crippen LogP contribution in [-0.2, 0) is 6.54 Å². The highest BCUT2D eigenvalue weighted by Crippen LogP contribution is 2.04. The van der Waals surface area contributed by atoms with Gasteiger partial charge in [0.05, 0.1) is 0 Å². The molecule has 0 radical (unpaired) electrons. The second kappa shape index (κ2) is 7.28. The minimum Gasteiger partial charge on any atom is -0.338 e. The first-order valence-corrected chi connectivity index (χ1v) is 6.92. The Morgan fingerprint density at radius 2 is 1.95 bits per heavy atom.